The summed E-state index contributed by atoms with van der Waals surface area (Å²) in [5.41, 5.74) is 0. The highest BCUT2D eigenvalue weighted by molar-refractivity contribution is 7.89. The molecule has 0 unspecified atom stereocenters. The molecule has 1 saturated heterocycles. The summed E-state index contributed by atoms with van der Waals surface area (Å²) < 4.78 is 25.2. The number of terminal acetylenes is 1. The standard InChI is InChI=1S/C13H20N2O3S/c1-2-3-4-8-19(17,18)15-9-12(10-15)14-13(16)11-6-5-7-11/h1,11-12H,3-10H2,(H,14,16). The van der Waals surface area contributed by atoms with Gasteiger partial charge in [0.15, 0.2) is 0 Å². The van der Waals surface area contributed by atoms with Crippen molar-refractivity contribution in [3.63, 3.8) is 0 Å². The molecule has 106 valence electrons. The topological polar surface area (TPSA) is 66.5 Å². The molecule has 0 radical (unpaired) electrons. The number of nitrogens with one attached hydrogen (secondary N) is 1. The van der Waals surface area contributed by atoms with Gasteiger partial charge >= 0.3 is 0 Å². The molecule has 6 heteroatoms. The number of amides is 1. The van der Waals surface area contributed by atoms with Gasteiger partial charge in [0.05, 0.1) is 11.8 Å². The van der Waals surface area contributed by atoms with E-state index in [1.54, 1.807) is 0 Å². The lowest BCUT2D eigenvalue weighted by Crippen LogP contribution is -2.62. The second kappa shape index (κ2) is 5.93. The Bertz CT molecular complexity index is 471. The van der Waals surface area contributed by atoms with Crippen molar-refractivity contribution in [2.75, 3.05) is 18.8 Å². The van der Waals surface area contributed by atoms with Crippen LogP contribution in [0.15, 0.2) is 0 Å². The molecule has 2 aliphatic rings. The molecule has 1 amide bonds. The minimum Gasteiger partial charge on any atom is -0.350 e. The predicted octanol–water partition coefficient (Wildman–Crippen LogP) is 0.330. The van der Waals surface area contributed by atoms with E-state index < -0.39 is 10.0 Å². The number of sulfonamides is 1. The van der Waals surface area contributed by atoms with Crippen molar-refractivity contribution in [3.05, 3.63) is 0 Å². The summed E-state index contributed by atoms with van der Waals surface area (Å²) in [5.74, 6) is 2.77. The number of rotatable bonds is 6. The van der Waals surface area contributed by atoms with Crippen LogP contribution in [0.25, 0.3) is 0 Å². The molecule has 0 aromatic carbocycles. The van der Waals surface area contributed by atoms with Crippen molar-refractivity contribution >= 4 is 15.9 Å². The van der Waals surface area contributed by atoms with E-state index in [0.29, 0.717) is 25.9 Å². The molecule has 1 aliphatic carbocycles. The first-order valence-corrected chi connectivity index (χ1v) is 8.35. The zero-order valence-electron chi connectivity index (χ0n) is 11.0. The Morgan fingerprint density at radius 3 is 2.58 bits per heavy atom. The highest BCUT2D eigenvalue weighted by Crippen LogP contribution is 2.27. The van der Waals surface area contributed by atoms with Gasteiger partial charge in [-0.05, 0) is 19.3 Å². The van der Waals surface area contributed by atoms with E-state index in [0.717, 1.165) is 19.3 Å². The van der Waals surface area contributed by atoms with E-state index in [1.165, 1.54) is 4.31 Å². The fraction of sp³-hybridized carbons (Fsp3) is 0.769. The largest absolute Gasteiger partial charge is 0.350 e. The van der Waals surface area contributed by atoms with Crippen LogP contribution in [-0.4, -0.2) is 43.5 Å². The van der Waals surface area contributed by atoms with Crippen LogP contribution in [0.4, 0.5) is 0 Å². The van der Waals surface area contributed by atoms with Crippen LogP contribution in [0.5, 0.6) is 0 Å². The van der Waals surface area contributed by atoms with Crippen molar-refractivity contribution in [3.8, 4) is 12.3 Å². The summed E-state index contributed by atoms with van der Waals surface area (Å²) in [4.78, 5) is 11.7. The Morgan fingerprint density at radius 2 is 2.05 bits per heavy atom. The molecule has 1 N–H and O–H groups in total. The van der Waals surface area contributed by atoms with Gasteiger partial charge in [0.25, 0.3) is 0 Å². The van der Waals surface area contributed by atoms with E-state index in [2.05, 4.69) is 11.2 Å². The predicted molar refractivity (Wildman–Crippen MR) is 72.7 cm³/mol. The molecule has 0 bridgehead atoms. The van der Waals surface area contributed by atoms with E-state index in [1.807, 2.05) is 0 Å². The number of carbonyl (C=O) groups excluding carboxylic acids is 1. The van der Waals surface area contributed by atoms with Gasteiger partial charge in [0.1, 0.15) is 0 Å². The molecule has 0 aromatic rings. The molecule has 1 heterocycles. The fourth-order valence-electron chi connectivity index (χ4n) is 2.23. The summed E-state index contributed by atoms with van der Waals surface area (Å²) in [6.45, 7) is 0.799. The minimum atomic E-state index is -3.19. The lowest BCUT2D eigenvalue weighted by atomic mass is 9.84. The first kappa shape index (κ1) is 14.4. The Labute approximate surface area is 114 Å². The van der Waals surface area contributed by atoms with Gasteiger partial charge in [-0.3, -0.25) is 4.79 Å². The Balaban J connectivity index is 1.70. The Kier molecular flexibility index (Phi) is 4.48. The van der Waals surface area contributed by atoms with E-state index in [9.17, 15) is 13.2 Å². The van der Waals surface area contributed by atoms with Crippen LogP contribution in [-0.2, 0) is 14.8 Å². The van der Waals surface area contributed by atoms with Gasteiger partial charge in [0, 0.05) is 25.4 Å². The van der Waals surface area contributed by atoms with Crippen LogP contribution in [0.3, 0.4) is 0 Å². The Morgan fingerprint density at radius 1 is 1.37 bits per heavy atom. The lowest BCUT2D eigenvalue weighted by Gasteiger charge is -2.39. The van der Waals surface area contributed by atoms with Crippen molar-refractivity contribution in [2.24, 2.45) is 5.92 Å². The second-order valence-corrected chi connectivity index (χ2v) is 7.36. The van der Waals surface area contributed by atoms with E-state index in [4.69, 9.17) is 6.42 Å². The summed E-state index contributed by atoms with van der Waals surface area (Å²) in [6, 6.07) is -0.0180. The molecule has 0 atom stereocenters. The van der Waals surface area contributed by atoms with Gasteiger partial charge < -0.3 is 5.32 Å². The molecule has 2 rings (SSSR count). The Hall–Kier alpha value is -1.06. The maximum atomic E-state index is 11.9. The van der Waals surface area contributed by atoms with Crippen LogP contribution in [0, 0.1) is 18.3 Å². The summed E-state index contributed by atoms with van der Waals surface area (Å²) in [7, 11) is -3.19. The zero-order chi connectivity index (χ0) is 13.9. The van der Waals surface area contributed by atoms with Crippen LogP contribution < -0.4 is 5.32 Å². The number of hydrogen-bond donors (Lipinski definition) is 1. The van der Waals surface area contributed by atoms with Crippen LogP contribution in [0.2, 0.25) is 0 Å². The average Bonchev–Trinajstić information content (AvgIpc) is 2.20. The highest BCUT2D eigenvalue weighted by atomic mass is 32.2. The first-order valence-electron chi connectivity index (χ1n) is 6.74. The molecule has 19 heavy (non-hydrogen) atoms. The van der Waals surface area contributed by atoms with Crippen molar-refractivity contribution in [1.29, 1.82) is 0 Å². The monoisotopic (exact) mass is 284 g/mol. The van der Waals surface area contributed by atoms with Gasteiger partial charge in [0.2, 0.25) is 15.9 Å². The van der Waals surface area contributed by atoms with Gasteiger partial charge in [-0.15, -0.1) is 12.3 Å². The van der Waals surface area contributed by atoms with Crippen molar-refractivity contribution < 1.29 is 13.2 Å². The molecule has 5 nitrogen and oxygen atoms in total. The molecule has 1 aliphatic heterocycles. The van der Waals surface area contributed by atoms with Crippen molar-refractivity contribution in [2.45, 2.75) is 38.1 Å². The molecule has 0 spiro atoms. The highest BCUT2D eigenvalue weighted by Gasteiger charge is 2.37. The molecular formula is C13H20N2O3S. The smallest absolute Gasteiger partial charge is 0.223 e. The zero-order valence-corrected chi connectivity index (χ0v) is 11.8. The molecular weight excluding hydrogens is 264 g/mol. The third kappa shape index (κ3) is 3.48. The van der Waals surface area contributed by atoms with Gasteiger partial charge in [-0.2, -0.15) is 4.31 Å². The third-order valence-corrected chi connectivity index (χ3v) is 5.68. The summed E-state index contributed by atoms with van der Waals surface area (Å²) in [5, 5.41) is 2.91. The minimum absolute atomic E-state index is 0.0180. The second-order valence-electron chi connectivity index (χ2n) is 5.27. The van der Waals surface area contributed by atoms with E-state index in [-0.39, 0.29) is 23.6 Å². The molecule has 1 saturated carbocycles. The number of unbranched alkanes of at least 4 members (excludes halogenated alkanes) is 1. The van der Waals surface area contributed by atoms with Crippen LogP contribution >= 0.6 is 0 Å². The maximum Gasteiger partial charge on any atom is 0.223 e. The first-order chi connectivity index (χ1) is 9.03. The van der Waals surface area contributed by atoms with Gasteiger partial charge in [-0.1, -0.05) is 6.42 Å². The molecule has 0 aromatic heterocycles. The van der Waals surface area contributed by atoms with Crippen molar-refractivity contribution in [1.82, 2.24) is 9.62 Å². The average molecular weight is 284 g/mol. The lowest BCUT2D eigenvalue weighted by molar-refractivity contribution is -0.128. The van der Waals surface area contributed by atoms with Crippen LogP contribution in [0.1, 0.15) is 32.1 Å². The number of hydrogen-bond acceptors (Lipinski definition) is 3. The number of nitrogens with zero attached hydrogens (tertiary/aromatic N) is 1. The maximum absolute atomic E-state index is 11.9. The normalized spacial score (nSPS) is 21.2. The third-order valence-electron chi connectivity index (χ3n) is 3.79. The van der Waals surface area contributed by atoms with E-state index >= 15 is 0 Å². The van der Waals surface area contributed by atoms with Gasteiger partial charge in [-0.25, -0.2) is 8.42 Å². The summed E-state index contributed by atoms with van der Waals surface area (Å²) >= 11 is 0. The quantitative estimate of drug-likeness (QED) is 0.564. The SMILES string of the molecule is C#CCCCS(=O)(=O)N1CC(NC(=O)C2CCC2)C1. The fourth-order valence-corrected chi connectivity index (χ4v) is 3.81. The number of carbonyl (C=O) groups is 1. The summed E-state index contributed by atoms with van der Waals surface area (Å²) in [6.07, 6.45) is 9.13. The molecule has 2 fully saturated rings.